The number of ether oxygens (including phenoxy) is 3. The molecule has 0 amide bonds. The van der Waals surface area contributed by atoms with E-state index in [2.05, 4.69) is 32.9 Å². The van der Waals surface area contributed by atoms with Crippen molar-refractivity contribution < 1.29 is 28.6 Å². The van der Waals surface area contributed by atoms with Crippen molar-refractivity contribution in [1.82, 2.24) is 0 Å². The van der Waals surface area contributed by atoms with Gasteiger partial charge in [-0.15, -0.1) is 0 Å². The number of rotatable bonds is 47. The predicted molar refractivity (Wildman–Crippen MR) is 247 cm³/mol. The summed E-state index contributed by atoms with van der Waals surface area (Å²) in [5.41, 5.74) is 0. The maximum Gasteiger partial charge on any atom is 0.306 e. The average Bonchev–Trinajstić information content (AvgIpc) is 3.22. The Balaban J connectivity index is 4.23. The second kappa shape index (κ2) is 47.8. The summed E-state index contributed by atoms with van der Waals surface area (Å²) in [6.45, 7) is 6.61. The Hall–Kier alpha value is -1.85. The molecule has 0 aromatic rings. The quantitative estimate of drug-likeness (QED) is 0.0263. The fraction of sp³-hybridized carbons (Fsp3) is 0.904. The summed E-state index contributed by atoms with van der Waals surface area (Å²) in [5.74, 6) is -0.896. The van der Waals surface area contributed by atoms with Gasteiger partial charge in [0.15, 0.2) is 6.10 Å². The molecule has 0 spiro atoms. The monoisotopic (exact) mass is 819 g/mol. The predicted octanol–water partition coefficient (Wildman–Crippen LogP) is 16.6. The van der Waals surface area contributed by atoms with Crippen LogP contribution in [0.25, 0.3) is 0 Å². The van der Waals surface area contributed by atoms with E-state index < -0.39 is 6.10 Å². The first-order chi connectivity index (χ1) is 28.5. The molecule has 0 aromatic heterocycles. The van der Waals surface area contributed by atoms with Crippen molar-refractivity contribution in [2.75, 3.05) is 13.2 Å². The summed E-state index contributed by atoms with van der Waals surface area (Å²) in [6.07, 6.45) is 52.1. The highest BCUT2D eigenvalue weighted by atomic mass is 16.6. The number of unbranched alkanes of at least 4 members (excludes halogenated alkanes) is 34. The van der Waals surface area contributed by atoms with E-state index in [-0.39, 0.29) is 31.1 Å². The van der Waals surface area contributed by atoms with Crippen LogP contribution in [0.1, 0.15) is 284 Å². The first kappa shape index (κ1) is 56.1. The van der Waals surface area contributed by atoms with E-state index in [0.717, 1.165) is 57.8 Å². The molecule has 1 atom stereocenters. The van der Waals surface area contributed by atoms with E-state index in [4.69, 9.17) is 14.2 Å². The molecule has 0 heterocycles. The molecule has 0 aliphatic heterocycles. The third kappa shape index (κ3) is 45.2. The van der Waals surface area contributed by atoms with Gasteiger partial charge in [0.25, 0.3) is 0 Å². The number of esters is 3. The van der Waals surface area contributed by atoms with Crippen LogP contribution in [0.3, 0.4) is 0 Å². The molecule has 0 fully saturated rings. The van der Waals surface area contributed by atoms with Crippen molar-refractivity contribution in [1.29, 1.82) is 0 Å². The first-order valence-corrected chi connectivity index (χ1v) is 25.7. The minimum atomic E-state index is -0.772. The Bertz CT molecular complexity index is 900. The maximum atomic E-state index is 12.7. The summed E-state index contributed by atoms with van der Waals surface area (Å²) in [6, 6.07) is 0. The van der Waals surface area contributed by atoms with Crippen LogP contribution < -0.4 is 0 Å². The van der Waals surface area contributed by atoms with Gasteiger partial charge in [-0.3, -0.25) is 14.4 Å². The molecule has 342 valence electrons. The van der Waals surface area contributed by atoms with Gasteiger partial charge in [0.05, 0.1) is 0 Å². The van der Waals surface area contributed by atoms with Gasteiger partial charge < -0.3 is 14.2 Å². The number of carbonyl (C=O) groups is 3. The highest BCUT2D eigenvalue weighted by Crippen LogP contribution is 2.16. The second-order valence-corrected chi connectivity index (χ2v) is 17.4. The SMILES string of the molecule is CCCCCC/C=C\CCCC(=O)OCC(COC(=O)CCCCCCCCCCCCCCCCCCCCC)OC(=O)CCCCCCCCCCCCCC. The van der Waals surface area contributed by atoms with E-state index >= 15 is 0 Å². The highest BCUT2D eigenvalue weighted by Gasteiger charge is 2.19. The number of allylic oxidation sites excluding steroid dienone is 2. The molecular weight excluding hydrogens is 721 g/mol. The first-order valence-electron chi connectivity index (χ1n) is 25.7. The molecule has 0 saturated carbocycles. The Morgan fingerprint density at radius 1 is 0.328 bits per heavy atom. The molecule has 0 bridgehead atoms. The second-order valence-electron chi connectivity index (χ2n) is 17.4. The Labute approximate surface area is 360 Å². The smallest absolute Gasteiger partial charge is 0.306 e. The minimum Gasteiger partial charge on any atom is -0.462 e. The van der Waals surface area contributed by atoms with Crippen LogP contribution >= 0.6 is 0 Å². The molecule has 0 aliphatic rings. The van der Waals surface area contributed by atoms with Crippen LogP contribution in [0.2, 0.25) is 0 Å². The largest absolute Gasteiger partial charge is 0.462 e. The van der Waals surface area contributed by atoms with E-state index in [9.17, 15) is 14.4 Å². The average molecular weight is 819 g/mol. The Morgan fingerprint density at radius 2 is 0.586 bits per heavy atom. The topological polar surface area (TPSA) is 78.9 Å². The summed E-state index contributed by atoms with van der Waals surface area (Å²) in [5, 5.41) is 0. The van der Waals surface area contributed by atoms with Crippen molar-refractivity contribution in [3.05, 3.63) is 12.2 Å². The van der Waals surface area contributed by atoms with E-state index in [1.54, 1.807) is 0 Å². The molecule has 6 heteroatoms. The van der Waals surface area contributed by atoms with Crippen LogP contribution in [0.4, 0.5) is 0 Å². The Morgan fingerprint density at radius 3 is 0.931 bits per heavy atom. The zero-order valence-corrected chi connectivity index (χ0v) is 39.1. The molecule has 0 aliphatic carbocycles. The van der Waals surface area contributed by atoms with Gasteiger partial charge in [0, 0.05) is 19.3 Å². The van der Waals surface area contributed by atoms with Gasteiger partial charge in [-0.25, -0.2) is 0 Å². The molecule has 58 heavy (non-hydrogen) atoms. The standard InChI is InChI=1S/C52H98O6/c1-4-7-10-13-16-19-21-23-24-25-26-27-28-29-31-33-36-39-42-45-51(54)57-48-49(47-56-50(53)44-41-38-35-32-18-15-12-9-6-3)58-52(55)46-43-40-37-34-30-22-20-17-14-11-8-5-2/h32,35,49H,4-31,33-34,36-48H2,1-3H3/b35-32-. The third-order valence-corrected chi connectivity index (χ3v) is 11.5. The molecule has 0 N–H and O–H groups in total. The lowest BCUT2D eigenvalue weighted by molar-refractivity contribution is -0.167. The number of hydrogen-bond donors (Lipinski definition) is 0. The lowest BCUT2D eigenvalue weighted by Crippen LogP contribution is -2.30. The summed E-state index contributed by atoms with van der Waals surface area (Å²) >= 11 is 0. The van der Waals surface area contributed by atoms with Crippen LogP contribution in [0.15, 0.2) is 12.2 Å². The van der Waals surface area contributed by atoms with Gasteiger partial charge in [-0.1, -0.05) is 238 Å². The van der Waals surface area contributed by atoms with Crippen LogP contribution in [-0.2, 0) is 28.6 Å². The van der Waals surface area contributed by atoms with Crippen molar-refractivity contribution >= 4 is 17.9 Å². The summed E-state index contributed by atoms with van der Waals surface area (Å²) in [4.78, 5) is 37.8. The van der Waals surface area contributed by atoms with Crippen LogP contribution in [0.5, 0.6) is 0 Å². The molecule has 0 aromatic carbocycles. The molecule has 1 unspecified atom stereocenters. The van der Waals surface area contributed by atoms with Gasteiger partial charge in [-0.2, -0.15) is 0 Å². The lowest BCUT2D eigenvalue weighted by atomic mass is 10.0. The molecular formula is C52H98O6. The minimum absolute atomic E-state index is 0.0732. The Kier molecular flexibility index (Phi) is 46.3. The van der Waals surface area contributed by atoms with E-state index in [1.807, 2.05) is 0 Å². The lowest BCUT2D eigenvalue weighted by Gasteiger charge is -2.18. The van der Waals surface area contributed by atoms with Gasteiger partial charge in [0.1, 0.15) is 13.2 Å². The zero-order valence-electron chi connectivity index (χ0n) is 39.1. The van der Waals surface area contributed by atoms with Crippen molar-refractivity contribution in [3.8, 4) is 0 Å². The normalized spacial score (nSPS) is 12.0. The summed E-state index contributed by atoms with van der Waals surface area (Å²) < 4.78 is 16.7. The zero-order chi connectivity index (χ0) is 42.3. The van der Waals surface area contributed by atoms with Crippen molar-refractivity contribution in [2.24, 2.45) is 0 Å². The fourth-order valence-corrected chi connectivity index (χ4v) is 7.62. The summed E-state index contributed by atoms with van der Waals surface area (Å²) in [7, 11) is 0. The van der Waals surface area contributed by atoms with Gasteiger partial charge in [-0.05, 0) is 38.5 Å². The molecule has 0 saturated heterocycles. The number of carbonyl (C=O) groups excluding carboxylic acids is 3. The maximum absolute atomic E-state index is 12.7. The van der Waals surface area contributed by atoms with E-state index in [0.29, 0.717) is 19.3 Å². The van der Waals surface area contributed by atoms with Crippen molar-refractivity contribution in [2.45, 2.75) is 290 Å². The molecule has 0 rings (SSSR count). The fourth-order valence-electron chi connectivity index (χ4n) is 7.62. The number of hydrogen-bond acceptors (Lipinski definition) is 6. The van der Waals surface area contributed by atoms with Crippen molar-refractivity contribution in [3.63, 3.8) is 0 Å². The third-order valence-electron chi connectivity index (χ3n) is 11.5. The molecule has 0 radical (unpaired) electrons. The van der Waals surface area contributed by atoms with E-state index in [1.165, 1.54) is 186 Å². The molecule has 6 nitrogen and oxygen atoms in total. The van der Waals surface area contributed by atoms with Gasteiger partial charge >= 0.3 is 17.9 Å². The van der Waals surface area contributed by atoms with Gasteiger partial charge in [0.2, 0.25) is 0 Å². The van der Waals surface area contributed by atoms with Crippen LogP contribution in [0, 0.1) is 0 Å². The highest BCUT2D eigenvalue weighted by molar-refractivity contribution is 5.71. The van der Waals surface area contributed by atoms with Crippen LogP contribution in [-0.4, -0.2) is 37.2 Å².